The van der Waals surface area contributed by atoms with Crippen molar-refractivity contribution in [1.29, 1.82) is 0 Å². The zero-order valence-corrected chi connectivity index (χ0v) is 15.3. The van der Waals surface area contributed by atoms with Crippen LogP contribution in [-0.4, -0.2) is 65.4 Å². The fraction of sp³-hybridized carbons (Fsp3) is 0.714. The summed E-state index contributed by atoms with van der Waals surface area (Å²) in [5.41, 5.74) is 0.394. The molecule has 0 saturated carbocycles. The lowest BCUT2D eigenvalue weighted by Crippen LogP contribution is -2.51. The van der Waals surface area contributed by atoms with Crippen LogP contribution in [0.4, 0.5) is 0 Å². The fourth-order valence-electron chi connectivity index (χ4n) is 2.18. The van der Waals surface area contributed by atoms with E-state index in [9.17, 15) is 13.2 Å². The number of aromatic nitrogens is 1. The lowest BCUT2D eigenvalue weighted by molar-refractivity contribution is -0.129. The number of nitrogens with zero attached hydrogens (tertiary/aromatic N) is 3. The number of hydrogen-bond donors (Lipinski definition) is 0. The number of rotatable bonds is 5. The maximum atomic E-state index is 12.3. The third kappa shape index (κ3) is 5.50. The van der Waals surface area contributed by atoms with Gasteiger partial charge in [0.2, 0.25) is 15.9 Å². The molecule has 0 N–H and O–H groups in total. The minimum atomic E-state index is -3.42. The van der Waals surface area contributed by atoms with E-state index in [4.69, 9.17) is 0 Å². The average molecular weight is 361 g/mol. The Balaban J connectivity index is 1.84. The van der Waals surface area contributed by atoms with Gasteiger partial charge >= 0.3 is 0 Å². The molecule has 0 aromatic carbocycles. The molecule has 2 rings (SSSR count). The van der Waals surface area contributed by atoms with Crippen LogP contribution in [0.25, 0.3) is 0 Å². The van der Waals surface area contributed by atoms with Crippen LogP contribution in [0.2, 0.25) is 0 Å². The summed E-state index contributed by atoms with van der Waals surface area (Å²) in [5.74, 6) is 0.324. The number of carbonyl (C=O) groups excluding carboxylic acids is 1. The molecular weight excluding hydrogens is 338 g/mol. The summed E-state index contributed by atoms with van der Waals surface area (Å²) in [6.45, 7) is 7.72. The second-order valence-electron chi connectivity index (χ2n) is 6.43. The van der Waals surface area contributed by atoms with Crippen LogP contribution in [0.1, 0.15) is 26.5 Å². The highest BCUT2D eigenvalue weighted by molar-refractivity contribution is 8.01. The highest BCUT2D eigenvalue weighted by Gasteiger charge is 2.29. The van der Waals surface area contributed by atoms with Crippen LogP contribution in [-0.2, 0) is 20.6 Å². The summed E-state index contributed by atoms with van der Waals surface area (Å²) < 4.78 is 30.8. The van der Waals surface area contributed by atoms with Gasteiger partial charge in [-0.05, 0) is 0 Å². The van der Waals surface area contributed by atoms with Gasteiger partial charge < -0.3 is 9.42 Å². The van der Waals surface area contributed by atoms with Gasteiger partial charge in [0.1, 0.15) is 12.0 Å². The molecule has 1 saturated heterocycles. The van der Waals surface area contributed by atoms with Crippen molar-refractivity contribution in [3.05, 3.63) is 18.0 Å². The van der Waals surface area contributed by atoms with E-state index in [2.05, 4.69) is 30.5 Å². The Morgan fingerprint density at radius 2 is 1.96 bits per heavy atom. The van der Waals surface area contributed by atoms with Gasteiger partial charge in [-0.1, -0.05) is 25.9 Å². The predicted octanol–water partition coefficient (Wildman–Crippen LogP) is 1.18. The van der Waals surface area contributed by atoms with Crippen molar-refractivity contribution in [1.82, 2.24) is 14.4 Å². The van der Waals surface area contributed by atoms with Crippen molar-refractivity contribution in [3.63, 3.8) is 0 Å². The Labute approximate surface area is 141 Å². The first-order valence-corrected chi connectivity index (χ1v) is 10.1. The number of carbonyl (C=O) groups is 1. The molecule has 130 valence electrons. The second-order valence-corrected chi connectivity index (χ2v) is 10.2. The molecule has 7 nitrogen and oxygen atoms in total. The maximum Gasteiger partial charge on any atom is 0.232 e. The molecule has 23 heavy (non-hydrogen) atoms. The second kappa shape index (κ2) is 7.23. The molecule has 0 unspecified atom stereocenters. The van der Waals surface area contributed by atoms with E-state index in [-0.39, 0.29) is 16.4 Å². The van der Waals surface area contributed by atoms with E-state index in [1.54, 1.807) is 22.7 Å². The highest BCUT2D eigenvalue weighted by atomic mass is 32.2. The van der Waals surface area contributed by atoms with Gasteiger partial charge in [0.15, 0.2) is 0 Å². The molecule has 1 fully saturated rings. The van der Waals surface area contributed by atoms with Crippen LogP contribution in [0.3, 0.4) is 0 Å². The lowest BCUT2D eigenvalue weighted by Gasteiger charge is -2.34. The number of hydrogen-bond acceptors (Lipinski definition) is 6. The van der Waals surface area contributed by atoms with Crippen molar-refractivity contribution >= 4 is 27.7 Å². The smallest absolute Gasteiger partial charge is 0.232 e. The van der Waals surface area contributed by atoms with Crippen molar-refractivity contribution in [3.8, 4) is 0 Å². The molecule has 9 heteroatoms. The minimum Gasteiger partial charge on any atom is -0.364 e. The molecule has 2 heterocycles. The van der Waals surface area contributed by atoms with Gasteiger partial charge in [-0.15, -0.1) is 11.8 Å². The summed E-state index contributed by atoms with van der Waals surface area (Å²) in [5, 5.41) is 3.64. The van der Waals surface area contributed by atoms with Gasteiger partial charge in [-0.2, -0.15) is 4.31 Å². The van der Waals surface area contributed by atoms with Crippen molar-refractivity contribution < 1.29 is 17.7 Å². The molecule has 1 amide bonds. The molecule has 0 aliphatic carbocycles. The van der Waals surface area contributed by atoms with Gasteiger partial charge in [-0.25, -0.2) is 8.42 Å². The quantitative estimate of drug-likeness (QED) is 0.783. The summed E-state index contributed by atoms with van der Waals surface area (Å²) >= 11 is 1.60. The number of piperazine rings is 1. The third-order valence-corrected chi connectivity index (χ3v) is 6.50. The van der Waals surface area contributed by atoms with Gasteiger partial charge in [0.25, 0.3) is 0 Å². The summed E-state index contributed by atoms with van der Waals surface area (Å²) in [6, 6.07) is 1.54. The summed E-state index contributed by atoms with van der Waals surface area (Å²) in [4.78, 5) is 13.9. The van der Waals surface area contributed by atoms with E-state index >= 15 is 0 Å². The zero-order chi connectivity index (χ0) is 17.1. The van der Waals surface area contributed by atoms with Crippen molar-refractivity contribution in [2.75, 3.05) is 31.9 Å². The lowest BCUT2D eigenvalue weighted by atomic mass is 10.3. The first kappa shape index (κ1) is 18.3. The Kier molecular flexibility index (Phi) is 5.74. The highest BCUT2D eigenvalue weighted by Crippen LogP contribution is 2.23. The Morgan fingerprint density at radius 3 is 2.48 bits per heavy atom. The SMILES string of the molecule is CC(C)(C)SCC(=O)N1CCN(S(=O)(=O)Cc2ccon2)CC1. The Bertz CT molecular complexity index is 615. The molecule has 1 aliphatic heterocycles. The molecule has 1 aromatic heterocycles. The van der Waals surface area contributed by atoms with Crippen molar-refractivity contribution in [2.45, 2.75) is 31.3 Å². The van der Waals surface area contributed by atoms with E-state index in [0.29, 0.717) is 37.6 Å². The monoisotopic (exact) mass is 361 g/mol. The third-order valence-electron chi connectivity index (χ3n) is 3.43. The van der Waals surface area contributed by atoms with E-state index in [1.807, 2.05) is 0 Å². The first-order chi connectivity index (χ1) is 10.7. The molecule has 0 atom stereocenters. The Hall–Kier alpha value is -1.06. The molecule has 0 radical (unpaired) electrons. The predicted molar refractivity (Wildman–Crippen MR) is 89.5 cm³/mol. The standard InChI is InChI=1S/C14H23N3O4S2/c1-14(2,3)22-10-13(18)16-5-7-17(8-6-16)23(19,20)11-12-4-9-21-15-12/h4,9H,5-8,10-11H2,1-3H3. The van der Waals surface area contributed by atoms with Gasteiger partial charge in [0, 0.05) is 37.0 Å². The normalized spacial score (nSPS) is 17.4. The van der Waals surface area contributed by atoms with E-state index < -0.39 is 10.0 Å². The molecule has 0 bridgehead atoms. The fourth-order valence-corrected chi connectivity index (χ4v) is 4.34. The molecule has 0 spiro atoms. The number of thioether (sulfide) groups is 1. The minimum absolute atomic E-state index is 0.0401. The van der Waals surface area contributed by atoms with Gasteiger partial charge in [0.05, 0.1) is 11.4 Å². The van der Waals surface area contributed by atoms with Crippen LogP contribution < -0.4 is 0 Å². The van der Waals surface area contributed by atoms with E-state index in [1.165, 1.54) is 10.6 Å². The molecular formula is C14H23N3O4S2. The molecule has 1 aliphatic rings. The largest absolute Gasteiger partial charge is 0.364 e. The summed E-state index contributed by atoms with van der Waals surface area (Å²) in [6.07, 6.45) is 1.36. The zero-order valence-electron chi connectivity index (χ0n) is 13.7. The number of amides is 1. The van der Waals surface area contributed by atoms with Gasteiger partial charge in [-0.3, -0.25) is 4.79 Å². The van der Waals surface area contributed by atoms with Crippen LogP contribution in [0.5, 0.6) is 0 Å². The number of sulfonamides is 1. The average Bonchev–Trinajstić information content (AvgIpc) is 2.96. The van der Waals surface area contributed by atoms with Crippen LogP contribution >= 0.6 is 11.8 Å². The maximum absolute atomic E-state index is 12.3. The summed E-state index contributed by atoms with van der Waals surface area (Å²) in [7, 11) is -3.42. The van der Waals surface area contributed by atoms with Crippen molar-refractivity contribution in [2.24, 2.45) is 0 Å². The van der Waals surface area contributed by atoms with E-state index in [0.717, 1.165) is 0 Å². The topological polar surface area (TPSA) is 83.7 Å². The first-order valence-electron chi connectivity index (χ1n) is 7.46. The van der Waals surface area contributed by atoms with Crippen LogP contribution in [0.15, 0.2) is 16.9 Å². The molecule has 1 aromatic rings. The Morgan fingerprint density at radius 1 is 1.30 bits per heavy atom. The van der Waals surface area contributed by atoms with Crippen LogP contribution in [0, 0.1) is 0 Å².